The number of rotatable bonds is 5. The maximum absolute atomic E-state index is 13.2. The molecular weight excluding hydrogens is 318 g/mol. The topological polar surface area (TPSA) is 46.5 Å². The summed E-state index contributed by atoms with van der Waals surface area (Å²) in [7, 11) is 0. The van der Waals surface area contributed by atoms with Crippen molar-refractivity contribution in [2.45, 2.75) is 37.2 Å². The number of carboxylic acids is 1. The summed E-state index contributed by atoms with van der Waals surface area (Å²) in [5.74, 6) is -3.06. The minimum Gasteiger partial charge on any atom is -0.480 e. The van der Waals surface area contributed by atoms with Crippen LogP contribution < -0.4 is 0 Å². The molecule has 126 valence electrons. The number of aliphatic carboxylic acids is 1. The van der Waals surface area contributed by atoms with Crippen LogP contribution in [0.5, 0.6) is 0 Å². The highest BCUT2D eigenvalue weighted by atomic mass is 19.4. The molecule has 1 fully saturated rings. The highest BCUT2D eigenvalue weighted by Crippen LogP contribution is 2.54. The van der Waals surface area contributed by atoms with Crippen molar-refractivity contribution in [1.29, 1.82) is 0 Å². The molecule has 0 aliphatic heterocycles. The number of hydrogen-bond acceptors (Lipinski definition) is 2. The fraction of sp³-hybridized carbons (Fsp3) is 0.769. The summed E-state index contributed by atoms with van der Waals surface area (Å²) in [5.41, 5.74) is -4.44. The molecule has 2 bridgehead atoms. The SMILES string of the molecule is O=C(O)COC(CC1C[C@@H]2C=CC1C2)(C(F)(F)F)C(F)(F)F. The molecule has 3 nitrogen and oxygen atoms in total. The van der Waals surface area contributed by atoms with Gasteiger partial charge in [0.25, 0.3) is 5.60 Å². The van der Waals surface area contributed by atoms with Gasteiger partial charge in [-0.25, -0.2) is 4.79 Å². The van der Waals surface area contributed by atoms with E-state index >= 15 is 0 Å². The summed E-state index contributed by atoms with van der Waals surface area (Å²) in [6.45, 7) is -1.66. The first kappa shape index (κ1) is 17.1. The monoisotopic (exact) mass is 332 g/mol. The zero-order valence-electron chi connectivity index (χ0n) is 11.2. The Morgan fingerprint density at radius 1 is 1.09 bits per heavy atom. The summed E-state index contributed by atoms with van der Waals surface area (Å²) in [4.78, 5) is 10.4. The maximum atomic E-state index is 13.2. The molecule has 3 atom stereocenters. The summed E-state index contributed by atoms with van der Waals surface area (Å²) in [6.07, 6.45) is -8.60. The molecular formula is C13H14F6O3. The molecule has 1 saturated carbocycles. The number of halogens is 6. The Hall–Kier alpha value is -1.25. The molecule has 0 amide bonds. The minimum atomic E-state index is -5.74. The van der Waals surface area contributed by atoms with Gasteiger partial charge in [-0.05, 0) is 37.0 Å². The second-order valence-corrected chi connectivity index (χ2v) is 5.75. The molecule has 0 saturated heterocycles. The molecule has 22 heavy (non-hydrogen) atoms. The number of alkyl halides is 6. The molecule has 0 aromatic carbocycles. The van der Waals surface area contributed by atoms with Crippen LogP contribution in [0.25, 0.3) is 0 Å². The molecule has 2 rings (SSSR count). The predicted octanol–water partition coefficient (Wildman–Crippen LogP) is 3.55. The van der Waals surface area contributed by atoms with Gasteiger partial charge in [0.05, 0.1) is 0 Å². The van der Waals surface area contributed by atoms with Crippen molar-refractivity contribution in [3.63, 3.8) is 0 Å². The van der Waals surface area contributed by atoms with E-state index in [1.807, 2.05) is 0 Å². The van der Waals surface area contributed by atoms with Gasteiger partial charge in [0.2, 0.25) is 0 Å². The predicted molar refractivity (Wildman–Crippen MR) is 61.9 cm³/mol. The van der Waals surface area contributed by atoms with Crippen LogP contribution in [0.2, 0.25) is 0 Å². The van der Waals surface area contributed by atoms with Gasteiger partial charge < -0.3 is 9.84 Å². The van der Waals surface area contributed by atoms with Gasteiger partial charge in [0.1, 0.15) is 6.61 Å². The number of carboxylic acid groups (broad SMARTS) is 1. The summed E-state index contributed by atoms with van der Waals surface area (Å²) < 4.78 is 82.9. The molecule has 2 aliphatic rings. The first-order valence-corrected chi connectivity index (χ1v) is 6.64. The lowest BCUT2D eigenvalue weighted by atomic mass is 9.81. The van der Waals surface area contributed by atoms with Crippen LogP contribution in [-0.2, 0) is 9.53 Å². The van der Waals surface area contributed by atoms with Gasteiger partial charge in [0.15, 0.2) is 0 Å². The Morgan fingerprint density at radius 2 is 1.68 bits per heavy atom. The van der Waals surface area contributed by atoms with E-state index in [0.29, 0.717) is 6.42 Å². The molecule has 0 aromatic rings. The van der Waals surface area contributed by atoms with E-state index in [1.54, 1.807) is 12.2 Å². The van der Waals surface area contributed by atoms with Crippen LogP contribution in [0.1, 0.15) is 19.3 Å². The van der Waals surface area contributed by atoms with Crippen LogP contribution in [-0.4, -0.2) is 35.6 Å². The van der Waals surface area contributed by atoms with Crippen molar-refractivity contribution in [2.75, 3.05) is 6.61 Å². The standard InChI is InChI=1S/C13H14F6O3/c14-12(15,16)11(13(17,18)19,22-6-10(20)21)5-9-4-7-1-2-8(9)3-7/h1-2,7-9H,3-6H2,(H,20,21)/t7-,8?,9?/m1/s1. The largest absolute Gasteiger partial charge is 0.480 e. The third-order valence-electron chi connectivity index (χ3n) is 4.32. The second kappa shape index (κ2) is 5.43. The Balaban J connectivity index is 2.30. The average Bonchev–Trinajstić information content (AvgIpc) is 2.92. The molecule has 2 aliphatic carbocycles. The zero-order chi connectivity index (χ0) is 16.8. The number of hydrogen-bond donors (Lipinski definition) is 1. The highest BCUT2D eigenvalue weighted by molar-refractivity contribution is 5.68. The lowest BCUT2D eigenvalue weighted by Crippen LogP contribution is -2.60. The average molecular weight is 332 g/mol. The Morgan fingerprint density at radius 3 is 2.05 bits per heavy atom. The first-order chi connectivity index (χ1) is 9.96. The Bertz CT molecular complexity index is 453. The van der Waals surface area contributed by atoms with Crippen LogP contribution in [0.15, 0.2) is 12.2 Å². The normalized spacial score (nSPS) is 28.4. The Labute approximate surface area is 121 Å². The number of ether oxygens (including phenoxy) is 1. The van der Waals surface area contributed by atoms with E-state index in [4.69, 9.17) is 5.11 Å². The number of allylic oxidation sites excluding steroid dienone is 2. The zero-order valence-corrected chi connectivity index (χ0v) is 11.2. The Kier molecular flexibility index (Phi) is 4.23. The first-order valence-electron chi connectivity index (χ1n) is 6.64. The smallest absolute Gasteiger partial charge is 0.426 e. The van der Waals surface area contributed by atoms with Crippen molar-refractivity contribution in [1.82, 2.24) is 0 Å². The lowest BCUT2D eigenvalue weighted by molar-refractivity contribution is -0.384. The fourth-order valence-corrected chi connectivity index (χ4v) is 3.30. The van der Waals surface area contributed by atoms with Gasteiger partial charge in [-0.2, -0.15) is 26.3 Å². The number of fused-ring (bicyclic) bond motifs is 2. The van der Waals surface area contributed by atoms with Gasteiger partial charge >= 0.3 is 18.3 Å². The van der Waals surface area contributed by atoms with E-state index < -0.39 is 42.9 Å². The quantitative estimate of drug-likeness (QED) is 0.619. The molecule has 9 heteroatoms. The van der Waals surface area contributed by atoms with Gasteiger partial charge in [-0.1, -0.05) is 12.2 Å². The molecule has 0 radical (unpaired) electrons. The van der Waals surface area contributed by atoms with E-state index in [1.165, 1.54) is 0 Å². The number of carbonyl (C=O) groups is 1. The van der Waals surface area contributed by atoms with E-state index in [0.717, 1.165) is 0 Å². The van der Waals surface area contributed by atoms with Crippen molar-refractivity contribution in [3.8, 4) is 0 Å². The molecule has 0 spiro atoms. The summed E-state index contributed by atoms with van der Waals surface area (Å²) >= 11 is 0. The summed E-state index contributed by atoms with van der Waals surface area (Å²) in [6, 6.07) is 0. The van der Waals surface area contributed by atoms with Crippen LogP contribution >= 0.6 is 0 Å². The van der Waals surface area contributed by atoms with E-state index in [9.17, 15) is 31.1 Å². The van der Waals surface area contributed by atoms with Crippen LogP contribution in [0.3, 0.4) is 0 Å². The highest BCUT2D eigenvalue weighted by Gasteiger charge is 2.73. The third-order valence-corrected chi connectivity index (χ3v) is 4.32. The molecule has 0 heterocycles. The summed E-state index contributed by atoms with van der Waals surface area (Å²) in [5, 5.41) is 8.40. The van der Waals surface area contributed by atoms with Crippen molar-refractivity contribution < 1.29 is 41.0 Å². The molecule has 1 N–H and O–H groups in total. The van der Waals surface area contributed by atoms with Gasteiger partial charge in [0, 0.05) is 0 Å². The fourth-order valence-electron chi connectivity index (χ4n) is 3.30. The van der Waals surface area contributed by atoms with Crippen LogP contribution in [0.4, 0.5) is 26.3 Å². The van der Waals surface area contributed by atoms with E-state index in [2.05, 4.69) is 4.74 Å². The van der Waals surface area contributed by atoms with E-state index in [-0.39, 0.29) is 18.3 Å². The van der Waals surface area contributed by atoms with Crippen LogP contribution in [0, 0.1) is 17.8 Å². The van der Waals surface area contributed by atoms with Gasteiger partial charge in [-0.15, -0.1) is 0 Å². The van der Waals surface area contributed by atoms with Crippen molar-refractivity contribution >= 4 is 5.97 Å². The molecule has 0 aromatic heterocycles. The minimum absolute atomic E-state index is 0.00589. The third kappa shape index (κ3) is 2.95. The molecule has 2 unspecified atom stereocenters. The van der Waals surface area contributed by atoms with Crippen molar-refractivity contribution in [2.24, 2.45) is 17.8 Å². The van der Waals surface area contributed by atoms with Gasteiger partial charge in [-0.3, -0.25) is 0 Å². The second-order valence-electron chi connectivity index (χ2n) is 5.75. The van der Waals surface area contributed by atoms with Crippen molar-refractivity contribution in [3.05, 3.63) is 12.2 Å². The lowest BCUT2D eigenvalue weighted by Gasteiger charge is -2.39. The maximum Gasteiger partial charge on any atom is 0.426 e.